The zero-order valence-corrected chi connectivity index (χ0v) is 16.8. The Morgan fingerprint density at radius 1 is 1.21 bits per heavy atom. The van der Waals surface area contributed by atoms with Crippen molar-refractivity contribution in [3.05, 3.63) is 59.4 Å². The van der Waals surface area contributed by atoms with Crippen LogP contribution >= 0.6 is 24.0 Å². The SMILES string of the molecule is O=C(CCN1C(=O)/C(=C\c2ccco2)SC1=S)NNS(=O)(=O)c1ccccc1. The summed E-state index contributed by atoms with van der Waals surface area (Å²) in [5.74, 6) is -0.402. The van der Waals surface area contributed by atoms with Gasteiger partial charge in [0.2, 0.25) is 5.91 Å². The lowest BCUT2D eigenvalue weighted by Gasteiger charge is -2.14. The third kappa shape index (κ3) is 4.87. The zero-order chi connectivity index (χ0) is 20.1. The normalized spacial score (nSPS) is 16.0. The van der Waals surface area contributed by atoms with Crippen LogP contribution in [0.15, 0.2) is 62.9 Å². The summed E-state index contributed by atoms with van der Waals surface area (Å²) in [5.41, 5.74) is 2.13. The van der Waals surface area contributed by atoms with E-state index in [1.54, 1.807) is 36.4 Å². The van der Waals surface area contributed by atoms with Gasteiger partial charge in [-0.2, -0.15) is 0 Å². The molecular weight excluding hydrogens is 422 g/mol. The minimum atomic E-state index is -3.86. The van der Waals surface area contributed by atoms with Crippen molar-refractivity contribution in [2.75, 3.05) is 6.54 Å². The minimum absolute atomic E-state index is 0.0234. The van der Waals surface area contributed by atoms with Gasteiger partial charge in [-0.15, -0.1) is 4.83 Å². The molecule has 28 heavy (non-hydrogen) atoms. The number of thiocarbonyl (C=S) groups is 1. The van der Waals surface area contributed by atoms with Gasteiger partial charge in [-0.25, -0.2) is 8.42 Å². The maximum absolute atomic E-state index is 12.4. The number of thioether (sulfide) groups is 1. The van der Waals surface area contributed by atoms with Crippen molar-refractivity contribution in [1.82, 2.24) is 15.2 Å². The van der Waals surface area contributed by atoms with E-state index in [0.29, 0.717) is 15.0 Å². The first-order chi connectivity index (χ1) is 13.4. The largest absolute Gasteiger partial charge is 0.465 e. The first-order valence-corrected chi connectivity index (χ1v) is 10.7. The third-order valence-corrected chi connectivity index (χ3v) is 6.27. The maximum atomic E-state index is 12.4. The van der Waals surface area contributed by atoms with Gasteiger partial charge in [0.15, 0.2) is 0 Å². The number of nitrogens with one attached hydrogen (secondary N) is 2. The summed E-state index contributed by atoms with van der Waals surface area (Å²) in [4.78, 5) is 28.1. The van der Waals surface area contributed by atoms with E-state index in [0.717, 1.165) is 11.8 Å². The smallest absolute Gasteiger partial charge is 0.266 e. The Bertz CT molecular complexity index is 1020. The molecule has 1 aromatic heterocycles. The zero-order valence-electron chi connectivity index (χ0n) is 14.3. The molecule has 3 rings (SSSR count). The number of sulfonamides is 1. The van der Waals surface area contributed by atoms with Crippen LogP contribution in [0.4, 0.5) is 0 Å². The standard InChI is InChI=1S/C17H15N3O5S3/c21-15(18-19-28(23,24)13-6-2-1-3-7-13)8-9-20-16(22)14(27-17(20)26)11-12-5-4-10-25-12/h1-7,10-11,19H,8-9H2,(H,18,21)/b14-11+. The number of carbonyl (C=O) groups is 2. The van der Waals surface area contributed by atoms with Crippen molar-refractivity contribution in [3.8, 4) is 0 Å². The van der Waals surface area contributed by atoms with Crippen LogP contribution in [0.1, 0.15) is 12.2 Å². The Balaban J connectivity index is 1.53. The topological polar surface area (TPSA) is 109 Å². The van der Waals surface area contributed by atoms with Crippen LogP contribution < -0.4 is 10.3 Å². The number of benzene rings is 1. The molecule has 2 amide bonds. The molecule has 11 heteroatoms. The van der Waals surface area contributed by atoms with Gasteiger partial charge in [0.1, 0.15) is 10.1 Å². The van der Waals surface area contributed by atoms with Crippen LogP contribution in [-0.4, -0.2) is 36.0 Å². The second-order valence-corrected chi connectivity index (χ2v) is 8.92. The van der Waals surface area contributed by atoms with Gasteiger partial charge in [0, 0.05) is 19.0 Å². The summed E-state index contributed by atoms with van der Waals surface area (Å²) in [6.45, 7) is 0.0268. The third-order valence-electron chi connectivity index (χ3n) is 3.63. The Hall–Kier alpha value is -2.47. The van der Waals surface area contributed by atoms with E-state index in [1.807, 2.05) is 4.83 Å². The van der Waals surface area contributed by atoms with E-state index in [-0.39, 0.29) is 23.8 Å². The number of hydrazine groups is 1. The Morgan fingerprint density at radius 3 is 2.64 bits per heavy atom. The lowest BCUT2D eigenvalue weighted by Crippen LogP contribution is -2.43. The van der Waals surface area contributed by atoms with Crippen molar-refractivity contribution in [2.24, 2.45) is 0 Å². The van der Waals surface area contributed by atoms with Gasteiger partial charge in [0.25, 0.3) is 15.9 Å². The highest BCUT2D eigenvalue weighted by molar-refractivity contribution is 8.26. The molecule has 0 saturated carbocycles. The van der Waals surface area contributed by atoms with E-state index in [4.69, 9.17) is 16.6 Å². The first-order valence-electron chi connectivity index (χ1n) is 8.01. The van der Waals surface area contributed by atoms with Crippen molar-refractivity contribution >= 4 is 56.2 Å². The fraction of sp³-hybridized carbons (Fsp3) is 0.118. The molecule has 2 aromatic rings. The molecule has 0 atom stereocenters. The van der Waals surface area contributed by atoms with E-state index < -0.39 is 15.9 Å². The van der Waals surface area contributed by atoms with E-state index in [1.165, 1.54) is 23.3 Å². The summed E-state index contributed by atoms with van der Waals surface area (Å²) in [6, 6.07) is 11.0. The number of amides is 2. The number of rotatable bonds is 7. The van der Waals surface area contributed by atoms with Crippen LogP contribution in [0, 0.1) is 0 Å². The van der Waals surface area contributed by atoms with Gasteiger partial charge in [-0.3, -0.25) is 19.9 Å². The molecule has 0 unspecified atom stereocenters. The van der Waals surface area contributed by atoms with Gasteiger partial charge in [-0.1, -0.05) is 42.2 Å². The van der Waals surface area contributed by atoms with Crippen molar-refractivity contribution < 1.29 is 22.4 Å². The molecule has 0 radical (unpaired) electrons. The van der Waals surface area contributed by atoms with E-state index in [2.05, 4.69) is 5.43 Å². The number of carbonyl (C=O) groups excluding carboxylic acids is 2. The number of furan rings is 1. The average molecular weight is 438 g/mol. The monoisotopic (exact) mass is 437 g/mol. The Morgan fingerprint density at radius 2 is 1.96 bits per heavy atom. The molecule has 0 spiro atoms. The van der Waals surface area contributed by atoms with Crippen LogP contribution in [0.3, 0.4) is 0 Å². The molecule has 0 aliphatic carbocycles. The highest BCUT2D eigenvalue weighted by Crippen LogP contribution is 2.32. The number of nitrogens with zero attached hydrogens (tertiary/aromatic N) is 1. The molecule has 2 heterocycles. The molecular formula is C17H15N3O5S3. The van der Waals surface area contributed by atoms with Crippen molar-refractivity contribution in [2.45, 2.75) is 11.3 Å². The van der Waals surface area contributed by atoms with Crippen LogP contribution in [0.5, 0.6) is 0 Å². The van der Waals surface area contributed by atoms with Crippen molar-refractivity contribution in [3.63, 3.8) is 0 Å². The Labute approximate surface area is 171 Å². The first kappa shape index (κ1) is 20.3. The van der Waals surface area contributed by atoms with Gasteiger partial charge < -0.3 is 4.42 Å². The van der Waals surface area contributed by atoms with Gasteiger partial charge in [0.05, 0.1) is 16.1 Å². The Kier molecular flexibility index (Phi) is 6.29. The average Bonchev–Trinajstić information content (AvgIpc) is 3.28. The number of hydrogen-bond acceptors (Lipinski definition) is 7. The molecule has 1 saturated heterocycles. The second-order valence-electron chi connectivity index (χ2n) is 5.57. The highest BCUT2D eigenvalue weighted by Gasteiger charge is 2.32. The maximum Gasteiger partial charge on any atom is 0.266 e. The summed E-state index contributed by atoms with van der Waals surface area (Å²) < 4.78 is 29.6. The van der Waals surface area contributed by atoms with Gasteiger partial charge in [-0.05, 0) is 24.3 Å². The molecule has 8 nitrogen and oxygen atoms in total. The minimum Gasteiger partial charge on any atom is -0.465 e. The summed E-state index contributed by atoms with van der Waals surface area (Å²) in [5, 5.41) is 0. The second kappa shape index (κ2) is 8.69. The van der Waals surface area contributed by atoms with Crippen LogP contribution in [0.2, 0.25) is 0 Å². The molecule has 1 fully saturated rings. The van der Waals surface area contributed by atoms with Gasteiger partial charge >= 0.3 is 0 Å². The fourth-order valence-electron chi connectivity index (χ4n) is 2.25. The molecule has 0 bridgehead atoms. The lowest BCUT2D eigenvalue weighted by atomic mass is 10.3. The number of hydrogen-bond donors (Lipinski definition) is 2. The summed E-state index contributed by atoms with van der Waals surface area (Å²) >= 11 is 6.30. The molecule has 2 N–H and O–H groups in total. The molecule has 1 aromatic carbocycles. The van der Waals surface area contributed by atoms with E-state index in [9.17, 15) is 18.0 Å². The fourth-order valence-corrected chi connectivity index (χ4v) is 4.42. The quantitative estimate of drug-likeness (QED) is 0.387. The van der Waals surface area contributed by atoms with Crippen LogP contribution in [0.25, 0.3) is 6.08 Å². The predicted octanol–water partition coefficient (Wildman–Crippen LogP) is 1.88. The summed E-state index contributed by atoms with van der Waals surface area (Å²) in [7, 11) is -3.86. The van der Waals surface area contributed by atoms with E-state index >= 15 is 0 Å². The molecule has 1 aliphatic heterocycles. The lowest BCUT2D eigenvalue weighted by molar-refractivity contribution is -0.124. The van der Waals surface area contributed by atoms with Crippen molar-refractivity contribution in [1.29, 1.82) is 0 Å². The molecule has 146 valence electrons. The highest BCUT2D eigenvalue weighted by atomic mass is 32.2. The predicted molar refractivity (Wildman–Crippen MR) is 108 cm³/mol. The van der Waals surface area contributed by atoms with Crippen LogP contribution in [-0.2, 0) is 19.6 Å². The molecule has 1 aliphatic rings. The summed E-state index contributed by atoms with van der Waals surface area (Å²) in [6.07, 6.45) is 2.94.